The van der Waals surface area contributed by atoms with Crippen LogP contribution in [-0.4, -0.2) is 15.8 Å². The van der Waals surface area contributed by atoms with Gasteiger partial charge < -0.3 is 9.67 Å². The van der Waals surface area contributed by atoms with E-state index in [2.05, 4.69) is 0 Å². The number of aliphatic hydroxyl groups is 1. The number of aryl methyl sites for hydroxylation is 1. The van der Waals surface area contributed by atoms with E-state index >= 15 is 0 Å². The van der Waals surface area contributed by atoms with E-state index in [9.17, 15) is 4.79 Å². The average molecular weight is 167 g/mol. The Morgan fingerprint density at radius 1 is 1.58 bits per heavy atom. The molecule has 1 aromatic heterocycles. The molecule has 66 valence electrons. The maximum absolute atomic E-state index is 11.2. The Balaban J connectivity index is 3.05. The molecule has 0 aliphatic heterocycles. The number of rotatable bonds is 2. The third-order valence-electron chi connectivity index (χ3n) is 1.71. The molecule has 0 saturated carbocycles. The van der Waals surface area contributed by atoms with E-state index < -0.39 is 6.10 Å². The molecule has 0 fully saturated rings. The Hall–Kier alpha value is -1.09. The standard InChI is InChI=1S/C9H13NO2/c1-7-4-3-5-9(12)10(7)6-8(2)11/h3-5,8,11H,6H2,1-2H3. The highest BCUT2D eigenvalue weighted by molar-refractivity contribution is 5.04. The molecule has 1 heterocycles. The second-order valence-electron chi connectivity index (χ2n) is 2.97. The molecule has 1 atom stereocenters. The lowest BCUT2D eigenvalue weighted by Gasteiger charge is -2.10. The van der Waals surface area contributed by atoms with Gasteiger partial charge in [0, 0.05) is 11.8 Å². The first-order chi connectivity index (χ1) is 5.61. The molecule has 0 saturated heterocycles. The molecule has 1 unspecified atom stereocenters. The molecule has 0 bridgehead atoms. The molecule has 1 aromatic rings. The Morgan fingerprint density at radius 2 is 2.25 bits per heavy atom. The molecular formula is C9H13NO2. The quantitative estimate of drug-likeness (QED) is 0.698. The molecule has 12 heavy (non-hydrogen) atoms. The lowest BCUT2D eigenvalue weighted by atomic mass is 10.3. The van der Waals surface area contributed by atoms with Gasteiger partial charge in [0.05, 0.1) is 12.6 Å². The molecule has 0 aliphatic rings. The van der Waals surface area contributed by atoms with Crippen LogP contribution < -0.4 is 5.56 Å². The van der Waals surface area contributed by atoms with E-state index in [0.717, 1.165) is 5.69 Å². The zero-order valence-electron chi connectivity index (χ0n) is 7.32. The number of aliphatic hydroxyl groups excluding tert-OH is 1. The Kier molecular flexibility index (Phi) is 2.65. The number of hydrogen-bond donors (Lipinski definition) is 1. The molecule has 1 rings (SSSR count). The zero-order valence-corrected chi connectivity index (χ0v) is 7.32. The van der Waals surface area contributed by atoms with Crippen LogP contribution in [-0.2, 0) is 6.54 Å². The van der Waals surface area contributed by atoms with Crippen molar-refractivity contribution in [2.75, 3.05) is 0 Å². The Bertz CT molecular complexity index is 315. The van der Waals surface area contributed by atoms with Gasteiger partial charge in [0.25, 0.3) is 5.56 Å². The van der Waals surface area contributed by atoms with Crippen LogP contribution in [0.1, 0.15) is 12.6 Å². The van der Waals surface area contributed by atoms with Crippen molar-refractivity contribution in [1.29, 1.82) is 0 Å². The van der Waals surface area contributed by atoms with Gasteiger partial charge in [-0.2, -0.15) is 0 Å². The van der Waals surface area contributed by atoms with Crippen LogP contribution in [0.2, 0.25) is 0 Å². The minimum atomic E-state index is -0.483. The SMILES string of the molecule is Cc1cccc(=O)n1CC(C)O. The zero-order chi connectivity index (χ0) is 9.14. The van der Waals surface area contributed by atoms with E-state index in [0.29, 0.717) is 6.54 Å². The molecule has 0 aliphatic carbocycles. The summed E-state index contributed by atoms with van der Waals surface area (Å²) in [4.78, 5) is 11.2. The predicted molar refractivity (Wildman–Crippen MR) is 47.1 cm³/mol. The third-order valence-corrected chi connectivity index (χ3v) is 1.71. The summed E-state index contributed by atoms with van der Waals surface area (Å²) in [5.74, 6) is 0. The summed E-state index contributed by atoms with van der Waals surface area (Å²) in [6.45, 7) is 3.88. The molecule has 0 aromatic carbocycles. The number of pyridine rings is 1. The first-order valence-electron chi connectivity index (χ1n) is 3.96. The molecular weight excluding hydrogens is 154 g/mol. The Morgan fingerprint density at radius 3 is 2.75 bits per heavy atom. The van der Waals surface area contributed by atoms with Crippen molar-refractivity contribution < 1.29 is 5.11 Å². The summed E-state index contributed by atoms with van der Waals surface area (Å²) in [6, 6.07) is 5.06. The summed E-state index contributed by atoms with van der Waals surface area (Å²) in [7, 11) is 0. The van der Waals surface area contributed by atoms with Crippen molar-refractivity contribution in [3.8, 4) is 0 Å². The van der Waals surface area contributed by atoms with Crippen molar-refractivity contribution in [2.24, 2.45) is 0 Å². The van der Waals surface area contributed by atoms with E-state index in [1.165, 1.54) is 6.07 Å². The van der Waals surface area contributed by atoms with Crippen LogP contribution in [0.3, 0.4) is 0 Å². The van der Waals surface area contributed by atoms with Gasteiger partial charge in [-0.05, 0) is 19.9 Å². The lowest BCUT2D eigenvalue weighted by Crippen LogP contribution is -2.25. The van der Waals surface area contributed by atoms with Gasteiger partial charge in [-0.15, -0.1) is 0 Å². The van der Waals surface area contributed by atoms with Crippen LogP contribution in [0.5, 0.6) is 0 Å². The fraction of sp³-hybridized carbons (Fsp3) is 0.444. The third kappa shape index (κ3) is 1.95. The maximum Gasteiger partial charge on any atom is 0.250 e. The number of nitrogens with zero attached hydrogens (tertiary/aromatic N) is 1. The van der Waals surface area contributed by atoms with Gasteiger partial charge in [0.1, 0.15) is 0 Å². The topological polar surface area (TPSA) is 42.2 Å². The highest BCUT2D eigenvalue weighted by atomic mass is 16.3. The van der Waals surface area contributed by atoms with Crippen LogP contribution in [0.25, 0.3) is 0 Å². The normalized spacial score (nSPS) is 12.9. The first kappa shape index (κ1) is 9.00. The minimum Gasteiger partial charge on any atom is -0.392 e. The number of aromatic nitrogens is 1. The van der Waals surface area contributed by atoms with Gasteiger partial charge in [-0.1, -0.05) is 6.07 Å². The summed E-state index contributed by atoms with van der Waals surface area (Å²) >= 11 is 0. The van der Waals surface area contributed by atoms with Crippen molar-refractivity contribution in [3.05, 3.63) is 34.2 Å². The second-order valence-corrected chi connectivity index (χ2v) is 2.97. The van der Waals surface area contributed by atoms with Gasteiger partial charge >= 0.3 is 0 Å². The van der Waals surface area contributed by atoms with E-state index in [4.69, 9.17) is 5.11 Å². The van der Waals surface area contributed by atoms with E-state index in [1.54, 1.807) is 17.6 Å². The van der Waals surface area contributed by atoms with Crippen molar-refractivity contribution >= 4 is 0 Å². The molecule has 3 heteroatoms. The fourth-order valence-corrected chi connectivity index (χ4v) is 1.12. The lowest BCUT2D eigenvalue weighted by molar-refractivity contribution is 0.171. The highest BCUT2D eigenvalue weighted by Crippen LogP contribution is 1.95. The summed E-state index contributed by atoms with van der Waals surface area (Å²) in [5, 5.41) is 9.09. The summed E-state index contributed by atoms with van der Waals surface area (Å²) < 4.78 is 1.56. The van der Waals surface area contributed by atoms with Crippen molar-refractivity contribution in [3.63, 3.8) is 0 Å². The molecule has 0 amide bonds. The summed E-state index contributed by atoms with van der Waals surface area (Å²) in [5.41, 5.74) is 0.819. The van der Waals surface area contributed by atoms with Crippen LogP contribution >= 0.6 is 0 Å². The van der Waals surface area contributed by atoms with Gasteiger partial charge in [0.15, 0.2) is 0 Å². The van der Waals surface area contributed by atoms with Crippen molar-refractivity contribution in [2.45, 2.75) is 26.5 Å². The van der Waals surface area contributed by atoms with Crippen LogP contribution in [0.15, 0.2) is 23.0 Å². The monoisotopic (exact) mass is 167 g/mol. The largest absolute Gasteiger partial charge is 0.392 e. The van der Waals surface area contributed by atoms with E-state index in [1.807, 2.05) is 13.0 Å². The van der Waals surface area contributed by atoms with Crippen LogP contribution in [0, 0.1) is 6.92 Å². The van der Waals surface area contributed by atoms with Gasteiger partial charge in [0.2, 0.25) is 0 Å². The van der Waals surface area contributed by atoms with E-state index in [-0.39, 0.29) is 5.56 Å². The average Bonchev–Trinajstić information content (AvgIpc) is 1.97. The second kappa shape index (κ2) is 3.54. The minimum absolute atomic E-state index is 0.0594. The summed E-state index contributed by atoms with van der Waals surface area (Å²) in [6.07, 6.45) is -0.483. The highest BCUT2D eigenvalue weighted by Gasteiger charge is 2.01. The maximum atomic E-state index is 11.2. The number of hydrogen-bond acceptors (Lipinski definition) is 2. The smallest absolute Gasteiger partial charge is 0.250 e. The predicted octanol–water partition coefficient (Wildman–Crippen LogP) is 0.538. The van der Waals surface area contributed by atoms with Crippen molar-refractivity contribution in [1.82, 2.24) is 4.57 Å². The molecule has 0 spiro atoms. The first-order valence-corrected chi connectivity index (χ1v) is 3.96. The van der Waals surface area contributed by atoms with Gasteiger partial charge in [-0.25, -0.2) is 0 Å². The molecule has 1 N–H and O–H groups in total. The molecule has 0 radical (unpaired) electrons. The van der Waals surface area contributed by atoms with Gasteiger partial charge in [-0.3, -0.25) is 4.79 Å². The molecule has 3 nitrogen and oxygen atoms in total. The Labute approximate surface area is 71.3 Å². The fourth-order valence-electron chi connectivity index (χ4n) is 1.12. The van der Waals surface area contributed by atoms with Crippen LogP contribution in [0.4, 0.5) is 0 Å².